The Labute approximate surface area is 124 Å². The van der Waals surface area contributed by atoms with Crippen LogP contribution in [0.5, 0.6) is 0 Å². The molecular formula is C17H30N2O. The molecule has 0 amide bonds. The molecule has 0 saturated heterocycles. The van der Waals surface area contributed by atoms with Crippen molar-refractivity contribution in [2.45, 2.75) is 52.1 Å². The Hall–Kier alpha value is -1.06. The van der Waals surface area contributed by atoms with Gasteiger partial charge in [-0.05, 0) is 43.9 Å². The number of nitrogens with two attached hydrogens (primary N) is 1. The van der Waals surface area contributed by atoms with E-state index in [2.05, 4.69) is 43.0 Å². The lowest BCUT2D eigenvalue weighted by Gasteiger charge is -2.32. The summed E-state index contributed by atoms with van der Waals surface area (Å²) in [6, 6.07) is 9.60. The first-order chi connectivity index (χ1) is 9.62. The van der Waals surface area contributed by atoms with Gasteiger partial charge in [0, 0.05) is 31.4 Å². The molecule has 114 valence electrons. The van der Waals surface area contributed by atoms with Gasteiger partial charge in [-0.2, -0.15) is 0 Å². The topological polar surface area (TPSA) is 38.5 Å². The number of anilines is 1. The normalized spacial score (nSPS) is 12.7. The third-order valence-corrected chi connectivity index (χ3v) is 3.75. The average Bonchev–Trinajstić information content (AvgIpc) is 2.44. The van der Waals surface area contributed by atoms with E-state index in [-0.39, 0.29) is 6.04 Å². The van der Waals surface area contributed by atoms with Crippen molar-refractivity contribution in [2.24, 2.45) is 5.73 Å². The minimum atomic E-state index is 0.212. The average molecular weight is 278 g/mol. The number of hydrogen-bond acceptors (Lipinski definition) is 3. The summed E-state index contributed by atoms with van der Waals surface area (Å²) < 4.78 is 5.25. The lowest BCUT2D eigenvalue weighted by Crippen LogP contribution is -2.37. The van der Waals surface area contributed by atoms with Gasteiger partial charge in [-0.3, -0.25) is 0 Å². The monoisotopic (exact) mass is 278 g/mol. The molecule has 0 bridgehead atoms. The van der Waals surface area contributed by atoms with Gasteiger partial charge in [-0.25, -0.2) is 0 Å². The lowest BCUT2D eigenvalue weighted by molar-refractivity contribution is 0.202. The van der Waals surface area contributed by atoms with Crippen molar-refractivity contribution in [3.63, 3.8) is 0 Å². The fraction of sp³-hybridized carbons (Fsp3) is 0.647. The number of nitrogens with zero attached hydrogens (tertiary/aromatic N) is 1. The number of hydrogen-bond donors (Lipinski definition) is 1. The Morgan fingerprint density at radius 2 is 1.75 bits per heavy atom. The standard InChI is InChI=1S/C17H30N2O/c1-5-16(6-2)19(11-12-20-4)17-9-7-15(8-10-17)13-14(3)18/h7-10,14,16H,5-6,11-13,18H2,1-4H3. The first kappa shape index (κ1) is 17.0. The van der Waals surface area contributed by atoms with Gasteiger partial charge >= 0.3 is 0 Å². The van der Waals surface area contributed by atoms with Gasteiger partial charge in [0.2, 0.25) is 0 Å². The fourth-order valence-corrected chi connectivity index (χ4v) is 2.64. The number of ether oxygens (including phenoxy) is 1. The second-order valence-electron chi connectivity index (χ2n) is 5.50. The summed E-state index contributed by atoms with van der Waals surface area (Å²) >= 11 is 0. The van der Waals surface area contributed by atoms with Crippen LogP contribution in [-0.4, -0.2) is 32.3 Å². The van der Waals surface area contributed by atoms with Crippen molar-refractivity contribution < 1.29 is 4.74 Å². The first-order valence-corrected chi connectivity index (χ1v) is 7.72. The predicted molar refractivity (Wildman–Crippen MR) is 87.4 cm³/mol. The van der Waals surface area contributed by atoms with Crippen molar-refractivity contribution in [3.8, 4) is 0 Å². The highest BCUT2D eigenvalue weighted by molar-refractivity contribution is 5.48. The van der Waals surface area contributed by atoms with E-state index in [1.54, 1.807) is 7.11 Å². The molecule has 2 N–H and O–H groups in total. The fourth-order valence-electron chi connectivity index (χ4n) is 2.64. The highest BCUT2D eigenvalue weighted by atomic mass is 16.5. The molecular weight excluding hydrogens is 248 g/mol. The zero-order chi connectivity index (χ0) is 15.0. The van der Waals surface area contributed by atoms with Gasteiger partial charge in [-0.15, -0.1) is 0 Å². The lowest BCUT2D eigenvalue weighted by atomic mass is 10.1. The Morgan fingerprint density at radius 3 is 2.20 bits per heavy atom. The van der Waals surface area contributed by atoms with Crippen LogP contribution in [-0.2, 0) is 11.2 Å². The molecule has 1 aromatic carbocycles. The van der Waals surface area contributed by atoms with E-state index in [1.165, 1.54) is 11.3 Å². The van der Waals surface area contributed by atoms with Crippen molar-refractivity contribution in [3.05, 3.63) is 29.8 Å². The van der Waals surface area contributed by atoms with E-state index in [9.17, 15) is 0 Å². The molecule has 0 aliphatic heterocycles. The minimum absolute atomic E-state index is 0.212. The third-order valence-electron chi connectivity index (χ3n) is 3.75. The molecule has 0 saturated carbocycles. The zero-order valence-corrected chi connectivity index (χ0v) is 13.4. The zero-order valence-electron chi connectivity index (χ0n) is 13.4. The van der Waals surface area contributed by atoms with Crippen LogP contribution in [0.25, 0.3) is 0 Å². The highest BCUT2D eigenvalue weighted by Crippen LogP contribution is 2.21. The molecule has 0 spiro atoms. The first-order valence-electron chi connectivity index (χ1n) is 7.72. The van der Waals surface area contributed by atoms with E-state index in [4.69, 9.17) is 10.5 Å². The van der Waals surface area contributed by atoms with Crippen LogP contribution >= 0.6 is 0 Å². The number of rotatable bonds is 9. The molecule has 1 unspecified atom stereocenters. The minimum Gasteiger partial charge on any atom is -0.383 e. The third kappa shape index (κ3) is 5.14. The quantitative estimate of drug-likeness (QED) is 0.754. The molecule has 1 aromatic rings. The predicted octanol–water partition coefficient (Wildman–Crippen LogP) is 3.22. The molecule has 0 heterocycles. The van der Waals surface area contributed by atoms with Gasteiger partial charge in [0.25, 0.3) is 0 Å². The van der Waals surface area contributed by atoms with Crippen LogP contribution in [0.2, 0.25) is 0 Å². The van der Waals surface area contributed by atoms with Crippen LogP contribution in [0, 0.1) is 0 Å². The van der Waals surface area contributed by atoms with Crippen LogP contribution in [0.4, 0.5) is 5.69 Å². The second kappa shape index (κ2) is 8.98. The van der Waals surface area contributed by atoms with E-state index >= 15 is 0 Å². The van der Waals surface area contributed by atoms with Crippen LogP contribution in [0.1, 0.15) is 39.2 Å². The number of methoxy groups -OCH3 is 1. The van der Waals surface area contributed by atoms with Crippen molar-refractivity contribution in [2.75, 3.05) is 25.2 Å². The summed E-state index contributed by atoms with van der Waals surface area (Å²) in [5, 5.41) is 0. The summed E-state index contributed by atoms with van der Waals surface area (Å²) in [5.41, 5.74) is 8.44. The molecule has 1 atom stereocenters. The summed E-state index contributed by atoms with van der Waals surface area (Å²) in [4.78, 5) is 2.46. The molecule has 3 heteroatoms. The SMILES string of the molecule is CCC(CC)N(CCOC)c1ccc(CC(C)N)cc1. The molecule has 0 fully saturated rings. The molecule has 20 heavy (non-hydrogen) atoms. The molecule has 3 nitrogen and oxygen atoms in total. The molecule has 0 aromatic heterocycles. The maximum Gasteiger partial charge on any atom is 0.0637 e. The van der Waals surface area contributed by atoms with Crippen molar-refractivity contribution >= 4 is 5.69 Å². The van der Waals surface area contributed by atoms with E-state index in [0.717, 1.165) is 32.4 Å². The summed E-state index contributed by atoms with van der Waals surface area (Å²) in [6.07, 6.45) is 3.24. The van der Waals surface area contributed by atoms with Crippen LogP contribution in [0.15, 0.2) is 24.3 Å². The second-order valence-corrected chi connectivity index (χ2v) is 5.50. The Morgan fingerprint density at radius 1 is 1.15 bits per heavy atom. The Kier molecular flexibility index (Phi) is 7.63. The van der Waals surface area contributed by atoms with Crippen LogP contribution in [0.3, 0.4) is 0 Å². The molecule has 0 aliphatic carbocycles. The van der Waals surface area contributed by atoms with Gasteiger partial charge in [0.15, 0.2) is 0 Å². The maximum absolute atomic E-state index is 5.85. The van der Waals surface area contributed by atoms with E-state index < -0.39 is 0 Å². The van der Waals surface area contributed by atoms with Crippen LogP contribution < -0.4 is 10.6 Å². The summed E-state index contributed by atoms with van der Waals surface area (Å²) in [7, 11) is 1.76. The molecule has 1 rings (SSSR count). The smallest absolute Gasteiger partial charge is 0.0637 e. The van der Waals surface area contributed by atoms with E-state index in [0.29, 0.717) is 6.04 Å². The highest BCUT2D eigenvalue weighted by Gasteiger charge is 2.15. The summed E-state index contributed by atoms with van der Waals surface area (Å²) in [5.74, 6) is 0. The van der Waals surface area contributed by atoms with Gasteiger partial charge in [0.1, 0.15) is 0 Å². The van der Waals surface area contributed by atoms with Gasteiger partial charge < -0.3 is 15.4 Å². The Bertz CT molecular complexity index is 358. The molecule has 0 aliphatic rings. The largest absolute Gasteiger partial charge is 0.383 e. The molecule has 0 radical (unpaired) electrons. The Balaban J connectivity index is 2.84. The maximum atomic E-state index is 5.85. The van der Waals surface area contributed by atoms with Gasteiger partial charge in [0.05, 0.1) is 6.61 Å². The van der Waals surface area contributed by atoms with Crippen molar-refractivity contribution in [1.29, 1.82) is 0 Å². The number of benzene rings is 1. The van der Waals surface area contributed by atoms with Crippen molar-refractivity contribution in [1.82, 2.24) is 0 Å². The van der Waals surface area contributed by atoms with E-state index in [1.807, 2.05) is 6.92 Å². The van der Waals surface area contributed by atoms with Gasteiger partial charge in [-0.1, -0.05) is 26.0 Å². The summed E-state index contributed by atoms with van der Waals surface area (Å²) in [6.45, 7) is 8.24.